The summed E-state index contributed by atoms with van der Waals surface area (Å²) in [5.74, 6) is 0.230. The maximum absolute atomic E-state index is 13.0. The number of ether oxygens (including phenoxy) is 1. The Morgan fingerprint density at radius 2 is 1.75 bits per heavy atom. The lowest BCUT2D eigenvalue weighted by molar-refractivity contribution is -0.136. The van der Waals surface area contributed by atoms with Gasteiger partial charge in [0.05, 0.1) is 11.3 Å². The lowest BCUT2D eigenvalue weighted by Gasteiger charge is -2.14. The largest absolute Gasteiger partial charge is 0.418 e. The second kappa shape index (κ2) is 7.03. The van der Waals surface area contributed by atoms with Crippen molar-refractivity contribution in [2.75, 3.05) is 5.32 Å². The van der Waals surface area contributed by atoms with Crippen LogP contribution in [0.5, 0.6) is 5.75 Å². The van der Waals surface area contributed by atoms with Gasteiger partial charge in [-0.15, -0.1) is 0 Å². The molecule has 128 valence electrons. The summed E-state index contributed by atoms with van der Waals surface area (Å²) in [5.41, 5.74) is 0.193. The van der Waals surface area contributed by atoms with Crippen molar-refractivity contribution in [3.05, 3.63) is 56.5 Å². The highest BCUT2D eigenvalue weighted by molar-refractivity contribution is 9.10. The van der Waals surface area contributed by atoms with E-state index in [-0.39, 0.29) is 10.8 Å². The molecule has 0 fully saturated rings. The van der Waals surface area contributed by atoms with Crippen LogP contribution >= 0.6 is 27.5 Å². The Morgan fingerprint density at radius 1 is 1.17 bits per heavy atom. The number of aryl methyl sites for hydroxylation is 2. The Kier molecular flexibility index (Phi) is 5.45. The maximum Gasteiger partial charge on any atom is 0.418 e. The van der Waals surface area contributed by atoms with Gasteiger partial charge < -0.3 is 4.74 Å². The number of hydrogen-bond acceptors (Lipinski definition) is 2. The van der Waals surface area contributed by atoms with Gasteiger partial charge in [-0.25, -0.2) is 4.79 Å². The van der Waals surface area contributed by atoms with Crippen LogP contribution in [0.25, 0.3) is 0 Å². The molecule has 0 saturated carbocycles. The summed E-state index contributed by atoms with van der Waals surface area (Å²) in [6.07, 6.45) is -5.68. The summed E-state index contributed by atoms with van der Waals surface area (Å²) in [4.78, 5) is 11.9. The van der Waals surface area contributed by atoms with Gasteiger partial charge in [-0.2, -0.15) is 13.2 Å². The van der Waals surface area contributed by atoms with Crippen molar-refractivity contribution in [2.24, 2.45) is 0 Å². The third-order valence-electron chi connectivity index (χ3n) is 3.14. The molecule has 0 saturated heterocycles. The van der Waals surface area contributed by atoms with Crippen LogP contribution in [0.2, 0.25) is 5.02 Å². The molecule has 24 heavy (non-hydrogen) atoms. The van der Waals surface area contributed by atoms with E-state index in [4.69, 9.17) is 16.3 Å². The first-order valence-electron chi connectivity index (χ1n) is 6.70. The summed E-state index contributed by atoms with van der Waals surface area (Å²) in [7, 11) is 0. The first-order chi connectivity index (χ1) is 11.1. The van der Waals surface area contributed by atoms with Crippen molar-refractivity contribution < 1.29 is 22.7 Å². The number of nitrogens with one attached hydrogen (secondary N) is 1. The van der Waals surface area contributed by atoms with Crippen LogP contribution in [0.15, 0.2) is 34.8 Å². The molecule has 0 unspecified atom stereocenters. The molecule has 8 heteroatoms. The Morgan fingerprint density at radius 3 is 2.29 bits per heavy atom. The number of amides is 1. The van der Waals surface area contributed by atoms with Gasteiger partial charge in [0.25, 0.3) is 0 Å². The van der Waals surface area contributed by atoms with Crippen LogP contribution in [0.3, 0.4) is 0 Å². The van der Waals surface area contributed by atoms with Gasteiger partial charge in [-0.3, -0.25) is 5.32 Å². The molecule has 0 aromatic heterocycles. The zero-order chi connectivity index (χ0) is 18.1. The van der Waals surface area contributed by atoms with Crippen molar-refractivity contribution >= 4 is 39.3 Å². The van der Waals surface area contributed by atoms with E-state index in [0.29, 0.717) is 0 Å². The highest BCUT2D eigenvalue weighted by Gasteiger charge is 2.34. The van der Waals surface area contributed by atoms with Crippen LogP contribution < -0.4 is 10.1 Å². The summed E-state index contributed by atoms with van der Waals surface area (Å²) in [6.45, 7) is 3.62. The summed E-state index contributed by atoms with van der Waals surface area (Å²) >= 11 is 8.97. The fourth-order valence-electron chi connectivity index (χ4n) is 2.07. The number of halogens is 5. The molecule has 1 N–H and O–H groups in total. The minimum Gasteiger partial charge on any atom is -0.410 e. The Balaban J connectivity index is 2.22. The van der Waals surface area contributed by atoms with Gasteiger partial charge in [-0.05, 0) is 55.3 Å². The van der Waals surface area contributed by atoms with Gasteiger partial charge in [0.15, 0.2) is 0 Å². The van der Waals surface area contributed by atoms with Crippen molar-refractivity contribution in [3.63, 3.8) is 0 Å². The quantitative estimate of drug-likeness (QED) is 0.612. The average molecular weight is 423 g/mol. The minimum atomic E-state index is -4.65. The first kappa shape index (κ1) is 18.6. The Labute approximate surface area is 149 Å². The van der Waals surface area contributed by atoms with E-state index in [1.807, 2.05) is 13.8 Å². The lowest BCUT2D eigenvalue weighted by atomic mass is 10.1. The minimum absolute atomic E-state index is 0.0830. The van der Waals surface area contributed by atoms with E-state index < -0.39 is 23.5 Å². The lowest BCUT2D eigenvalue weighted by Crippen LogP contribution is -2.20. The molecule has 3 nitrogen and oxygen atoms in total. The third-order valence-corrected chi connectivity index (χ3v) is 4.63. The summed E-state index contributed by atoms with van der Waals surface area (Å²) in [5, 5.41) is 2.01. The number of benzene rings is 2. The molecule has 0 bridgehead atoms. The van der Waals surface area contributed by atoms with Crippen LogP contribution in [-0.4, -0.2) is 6.09 Å². The smallest absolute Gasteiger partial charge is 0.410 e. The molecule has 1 amide bonds. The topological polar surface area (TPSA) is 38.3 Å². The Hall–Kier alpha value is -1.73. The predicted molar refractivity (Wildman–Crippen MR) is 89.7 cm³/mol. The van der Waals surface area contributed by atoms with Crippen LogP contribution in [-0.2, 0) is 6.18 Å². The van der Waals surface area contributed by atoms with E-state index in [1.165, 1.54) is 6.07 Å². The number of anilines is 1. The predicted octanol–water partition coefficient (Wildman–Crippen LogP) is 6.35. The van der Waals surface area contributed by atoms with Gasteiger partial charge >= 0.3 is 12.3 Å². The van der Waals surface area contributed by atoms with Crippen LogP contribution in [0, 0.1) is 13.8 Å². The molecule has 0 aliphatic heterocycles. The van der Waals surface area contributed by atoms with E-state index in [0.717, 1.165) is 27.7 Å². The molecule has 0 spiro atoms. The maximum atomic E-state index is 13.0. The van der Waals surface area contributed by atoms with Crippen molar-refractivity contribution in [1.29, 1.82) is 0 Å². The van der Waals surface area contributed by atoms with Gasteiger partial charge in [-0.1, -0.05) is 27.5 Å². The molecule has 2 aromatic carbocycles. The molecule has 0 aliphatic carbocycles. The molecule has 2 aromatic rings. The van der Waals surface area contributed by atoms with Crippen molar-refractivity contribution in [2.45, 2.75) is 20.0 Å². The summed E-state index contributed by atoms with van der Waals surface area (Å²) in [6, 6.07) is 6.27. The number of hydrogen-bond donors (Lipinski definition) is 1. The van der Waals surface area contributed by atoms with Gasteiger partial charge in [0.2, 0.25) is 0 Å². The number of carbonyl (C=O) groups is 1. The molecule has 0 heterocycles. The second-order valence-electron chi connectivity index (χ2n) is 5.07. The normalized spacial score (nSPS) is 11.3. The monoisotopic (exact) mass is 421 g/mol. The SMILES string of the molecule is Cc1cc(OC(=O)Nc2ccc(Cl)cc2C(F)(F)F)cc(C)c1Br. The molecular formula is C16H12BrClF3NO2. The van der Waals surface area contributed by atoms with E-state index in [9.17, 15) is 18.0 Å². The molecule has 2 rings (SSSR count). The molecule has 0 radical (unpaired) electrons. The van der Waals surface area contributed by atoms with E-state index in [1.54, 1.807) is 12.1 Å². The van der Waals surface area contributed by atoms with Crippen molar-refractivity contribution in [1.82, 2.24) is 0 Å². The molecule has 0 atom stereocenters. The van der Waals surface area contributed by atoms with Crippen LogP contribution in [0.1, 0.15) is 16.7 Å². The first-order valence-corrected chi connectivity index (χ1v) is 7.87. The zero-order valence-corrected chi connectivity index (χ0v) is 14.9. The van der Waals surface area contributed by atoms with Crippen LogP contribution in [0.4, 0.5) is 23.7 Å². The van der Waals surface area contributed by atoms with E-state index >= 15 is 0 Å². The fourth-order valence-corrected chi connectivity index (χ4v) is 2.47. The number of alkyl halides is 3. The second-order valence-corrected chi connectivity index (χ2v) is 6.30. The van der Waals surface area contributed by atoms with Gasteiger partial charge in [0.1, 0.15) is 5.75 Å². The third kappa shape index (κ3) is 4.42. The van der Waals surface area contributed by atoms with Crippen molar-refractivity contribution in [3.8, 4) is 5.75 Å². The Bertz CT molecular complexity index is 770. The molecular weight excluding hydrogens is 411 g/mol. The van der Waals surface area contributed by atoms with E-state index in [2.05, 4.69) is 21.2 Å². The zero-order valence-electron chi connectivity index (χ0n) is 12.6. The highest BCUT2D eigenvalue weighted by atomic mass is 79.9. The highest BCUT2D eigenvalue weighted by Crippen LogP contribution is 2.36. The fraction of sp³-hybridized carbons (Fsp3) is 0.188. The number of rotatable bonds is 2. The average Bonchev–Trinajstić information content (AvgIpc) is 2.45. The van der Waals surface area contributed by atoms with Gasteiger partial charge in [0, 0.05) is 9.50 Å². The number of carbonyl (C=O) groups excluding carboxylic acids is 1. The summed E-state index contributed by atoms with van der Waals surface area (Å²) < 4.78 is 44.9. The standard InChI is InChI=1S/C16H12BrClF3NO2/c1-8-5-11(6-9(2)14(8)17)24-15(23)22-13-4-3-10(18)7-12(13)16(19,20)21/h3-7H,1-2H3,(H,22,23). The molecule has 0 aliphatic rings.